The molecule has 0 radical (unpaired) electrons. The van der Waals surface area contributed by atoms with E-state index in [9.17, 15) is 29.7 Å². The number of aliphatic carboxylic acids is 3. The van der Waals surface area contributed by atoms with Crippen LogP contribution in [0, 0.1) is 17.8 Å². The predicted molar refractivity (Wildman–Crippen MR) is 126 cm³/mol. The summed E-state index contributed by atoms with van der Waals surface area (Å²) in [4.78, 5) is 35.5. The Balaban J connectivity index is 5.81. The van der Waals surface area contributed by atoms with Gasteiger partial charge in [-0.15, -0.1) is 0 Å². The van der Waals surface area contributed by atoms with Crippen LogP contribution in [0.4, 0.5) is 0 Å². The Morgan fingerprint density at radius 1 is 0.656 bits per heavy atom. The molecular formula is C25H46NO6+. The zero-order valence-corrected chi connectivity index (χ0v) is 20.6. The molecule has 0 aromatic heterocycles. The highest BCUT2D eigenvalue weighted by Gasteiger charge is 2.39. The standard InChI is InChI=1S/C25H45NO6/c1-5-9-10-11-12-13-14-15-16-26(17-20(6-2)23(27)28,18-21(7-3)24(29)30)19-22(8-4)25(31)32/h15-16,20-22H,5-14,17-19H2,1-4H3,(H2-,27,28,29,30,31,32)/p+1/b16-15+. The second-order valence-electron chi connectivity index (χ2n) is 9.04. The van der Waals surface area contributed by atoms with Crippen LogP contribution < -0.4 is 0 Å². The molecule has 0 fully saturated rings. The summed E-state index contributed by atoms with van der Waals surface area (Å²) in [5.74, 6) is -4.76. The van der Waals surface area contributed by atoms with Gasteiger partial charge in [0.05, 0.1) is 25.8 Å². The molecule has 0 aliphatic carbocycles. The number of allylic oxidation sites excluding steroid dienone is 1. The van der Waals surface area contributed by atoms with Crippen LogP contribution in [0.5, 0.6) is 0 Å². The van der Waals surface area contributed by atoms with Gasteiger partial charge in [0, 0.05) is 0 Å². The zero-order valence-electron chi connectivity index (χ0n) is 20.6. The van der Waals surface area contributed by atoms with Gasteiger partial charge in [0.1, 0.15) is 17.8 Å². The number of quaternary nitrogens is 1. The molecule has 3 atom stereocenters. The van der Waals surface area contributed by atoms with Crippen molar-refractivity contribution in [3.8, 4) is 0 Å². The molecule has 7 heteroatoms. The first-order valence-electron chi connectivity index (χ1n) is 12.4. The van der Waals surface area contributed by atoms with Crippen molar-refractivity contribution in [2.24, 2.45) is 17.8 Å². The highest BCUT2D eigenvalue weighted by atomic mass is 16.4. The van der Waals surface area contributed by atoms with Crippen molar-refractivity contribution < 1.29 is 34.2 Å². The number of rotatable bonds is 20. The molecule has 0 aliphatic rings. The molecule has 7 nitrogen and oxygen atoms in total. The summed E-state index contributed by atoms with van der Waals surface area (Å²) in [5.41, 5.74) is 0. The van der Waals surface area contributed by atoms with Gasteiger partial charge in [-0.05, 0) is 38.2 Å². The number of unbranched alkanes of at least 4 members (excludes halogenated alkanes) is 6. The van der Waals surface area contributed by atoms with E-state index in [1.54, 1.807) is 20.8 Å². The van der Waals surface area contributed by atoms with Gasteiger partial charge in [0.25, 0.3) is 0 Å². The van der Waals surface area contributed by atoms with Crippen LogP contribution in [0.15, 0.2) is 12.3 Å². The van der Waals surface area contributed by atoms with Gasteiger partial charge >= 0.3 is 17.9 Å². The average molecular weight is 457 g/mol. The Hall–Kier alpha value is -1.89. The Bertz CT molecular complexity index is 529. The molecule has 0 spiro atoms. The lowest BCUT2D eigenvalue weighted by atomic mass is 9.96. The summed E-state index contributed by atoms with van der Waals surface area (Å²) < 4.78 is 0.0796. The van der Waals surface area contributed by atoms with Gasteiger partial charge in [-0.2, -0.15) is 0 Å². The minimum atomic E-state index is -0.925. The van der Waals surface area contributed by atoms with Crippen molar-refractivity contribution in [3.05, 3.63) is 12.3 Å². The maximum atomic E-state index is 11.8. The van der Waals surface area contributed by atoms with Crippen molar-refractivity contribution in [1.82, 2.24) is 0 Å². The van der Waals surface area contributed by atoms with Crippen molar-refractivity contribution in [1.29, 1.82) is 0 Å². The van der Waals surface area contributed by atoms with Crippen molar-refractivity contribution in [2.45, 2.75) is 91.9 Å². The van der Waals surface area contributed by atoms with Gasteiger partial charge in [0.2, 0.25) is 0 Å². The minimum Gasteiger partial charge on any atom is -0.481 e. The number of carboxylic acids is 3. The predicted octanol–water partition coefficient (Wildman–Crippen LogP) is 5.40. The molecule has 0 saturated heterocycles. The summed E-state index contributed by atoms with van der Waals surface area (Å²) in [5, 5.41) is 29.0. The van der Waals surface area contributed by atoms with Crippen LogP contribution >= 0.6 is 0 Å². The molecule has 3 unspecified atom stereocenters. The van der Waals surface area contributed by atoms with Gasteiger partial charge in [-0.1, -0.05) is 59.8 Å². The molecule has 0 bridgehead atoms. The molecule has 0 aliphatic heterocycles. The summed E-state index contributed by atoms with van der Waals surface area (Å²) >= 11 is 0. The van der Waals surface area contributed by atoms with E-state index in [4.69, 9.17) is 0 Å². The molecular weight excluding hydrogens is 410 g/mol. The van der Waals surface area contributed by atoms with Crippen LogP contribution in [-0.2, 0) is 14.4 Å². The van der Waals surface area contributed by atoms with Gasteiger partial charge in [-0.25, -0.2) is 0 Å². The van der Waals surface area contributed by atoms with E-state index in [2.05, 4.69) is 6.92 Å². The maximum absolute atomic E-state index is 11.8. The number of carbonyl (C=O) groups is 3. The molecule has 0 amide bonds. The third kappa shape index (κ3) is 11.7. The van der Waals surface area contributed by atoms with E-state index < -0.39 is 35.7 Å². The van der Waals surface area contributed by atoms with Gasteiger partial charge < -0.3 is 15.3 Å². The van der Waals surface area contributed by atoms with Gasteiger partial charge in [0.15, 0.2) is 0 Å². The van der Waals surface area contributed by atoms with E-state index in [-0.39, 0.29) is 24.1 Å². The van der Waals surface area contributed by atoms with Crippen LogP contribution in [0.3, 0.4) is 0 Å². The molecule has 0 rings (SSSR count). The Morgan fingerprint density at radius 3 is 1.38 bits per heavy atom. The summed E-state index contributed by atoms with van der Waals surface area (Å²) in [6.07, 6.45) is 13.0. The van der Waals surface area contributed by atoms with Crippen LogP contribution in [0.2, 0.25) is 0 Å². The molecule has 0 aromatic carbocycles. The van der Waals surface area contributed by atoms with E-state index in [1.807, 2.05) is 12.3 Å². The second-order valence-corrected chi connectivity index (χ2v) is 9.04. The topological polar surface area (TPSA) is 112 Å². The highest BCUT2D eigenvalue weighted by Crippen LogP contribution is 2.25. The van der Waals surface area contributed by atoms with Gasteiger partial charge in [-0.3, -0.25) is 18.9 Å². The lowest BCUT2D eigenvalue weighted by Crippen LogP contribution is -2.54. The first-order chi connectivity index (χ1) is 15.2. The molecule has 32 heavy (non-hydrogen) atoms. The first kappa shape index (κ1) is 30.1. The quantitative estimate of drug-likeness (QED) is 0.167. The van der Waals surface area contributed by atoms with Crippen molar-refractivity contribution in [3.63, 3.8) is 0 Å². The third-order valence-corrected chi connectivity index (χ3v) is 6.42. The zero-order chi connectivity index (χ0) is 24.6. The summed E-state index contributed by atoms with van der Waals surface area (Å²) in [6.45, 7) is 8.19. The summed E-state index contributed by atoms with van der Waals surface area (Å²) in [7, 11) is 0. The second kappa shape index (κ2) is 16.7. The Kier molecular flexibility index (Phi) is 15.7. The molecule has 3 N–H and O–H groups in total. The van der Waals surface area contributed by atoms with E-state index in [1.165, 1.54) is 25.7 Å². The third-order valence-electron chi connectivity index (χ3n) is 6.42. The first-order valence-corrected chi connectivity index (χ1v) is 12.4. The molecule has 0 saturated carbocycles. The SMILES string of the molecule is CCCCCCCC/C=C/[N+](CC(CC)C(=O)O)(CC(CC)C(=O)O)CC(CC)C(=O)O. The molecule has 0 heterocycles. The Labute approximate surface area is 194 Å². The fourth-order valence-corrected chi connectivity index (χ4v) is 4.21. The number of hydrogen-bond donors (Lipinski definition) is 3. The van der Waals surface area contributed by atoms with Crippen molar-refractivity contribution in [2.75, 3.05) is 19.6 Å². The Morgan fingerprint density at radius 2 is 1.03 bits per heavy atom. The number of hydrogen-bond acceptors (Lipinski definition) is 3. The fraction of sp³-hybridized carbons (Fsp3) is 0.800. The highest BCUT2D eigenvalue weighted by molar-refractivity contribution is 5.71. The maximum Gasteiger partial charge on any atom is 0.312 e. The van der Waals surface area contributed by atoms with E-state index in [0.717, 1.165) is 19.3 Å². The van der Waals surface area contributed by atoms with Crippen LogP contribution in [0.25, 0.3) is 0 Å². The van der Waals surface area contributed by atoms with E-state index in [0.29, 0.717) is 19.3 Å². The lowest BCUT2D eigenvalue weighted by molar-refractivity contribution is -0.887. The summed E-state index contributed by atoms with van der Waals surface area (Å²) in [6, 6.07) is 0. The largest absolute Gasteiger partial charge is 0.481 e. The van der Waals surface area contributed by atoms with Crippen LogP contribution in [0.1, 0.15) is 91.9 Å². The minimum absolute atomic E-state index is 0.0796. The fourth-order valence-electron chi connectivity index (χ4n) is 4.21. The number of carboxylic acid groups (broad SMARTS) is 3. The van der Waals surface area contributed by atoms with Crippen molar-refractivity contribution >= 4 is 17.9 Å². The number of nitrogens with zero attached hydrogens (tertiary/aromatic N) is 1. The average Bonchev–Trinajstić information content (AvgIpc) is 2.75. The smallest absolute Gasteiger partial charge is 0.312 e. The lowest BCUT2D eigenvalue weighted by Gasteiger charge is -2.40. The molecule has 186 valence electrons. The normalized spacial score (nSPS) is 16.4. The van der Waals surface area contributed by atoms with Crippen LogP contribution in [-0.4, -0.2) is 57.3 Å². The molecule has 0 aromatic rings. The monoisotopic (exact) mass is 456 g/mol. The van der Waals surface area contributed by atoms with E-state index >= 15 is 0 Å².